The SMILES string of the molecule is Cc1nc(C)c(Cl)c(N)n1.O=C(O)c1ccccc1. The van der Waals surface area contributed by atoms with Gasteiger partial charge in [-0.15, -0.1) is 0 Å². The Morgan fingerprint density at radius 2 is 1.79 bits per heavy atom. The van der Waals surface area contributed by atoms with Crippen LogP contribution in [-0.4, -0.2) is 21.0 Å². The molecule has 19 heavy (non-hydrogen) atoms. The topological polar surface area (TPSA) is 89.1 Å². The van der Waals surface area contributed by atoms with Gasteiger partial charge in [0.05, 0.1) is 11.3 Å². The zero-order valence-electron chi connectivity index (χ0n) is 10.6. The molecule has 6 heteroatoms. The van der Waals surface area contributed by atoms with Crippen LogP contribution < -0.4 is 5.73 Å². The van der Waals surface area contributed by atoms with Gasteiger partial charge in [-0.25, -0.2) is 14.8 Å². The average molecular weight is 280 g/mol. The molecule has 0 bridgehead atoms. The highest BCUT2D eigenvalue weighted by molar-refractivity contribution is 6.33. The molecule has 0 aliphatic heterocycles. The van der Waals surface area contributed by atoms with Crippen LogP contribution >= 0.6 is 11.6 Å². The molecule has 0 saturated heterocycles. The Kier molecular flexibility index (Phi) is 5.26. The van der Waals surface area contributed by atoms with Gasteiger partial charge in [0.15, 0.2) is 0 Å². The number of aryl methyl sites for hydroxylation is 2. The zero-order valence-corrected chi connectivity index (χ0v) is 11.3. The van der Waals surface area contributed by atoms with E-state index in [1.807, 2.05) is 0 Å². The second-order valence-corrected chi connectivity index (χ2v) is 4.10. The number of carbonyl (C=O) groups is 1. The second-order valence-electron chi connectivity index (χ2n) is 3.73. The van der Waals surface area contributed by atoms with Gasteiger partial charge in [-0.05, 0) is 26.0 Å². The molecule has 0 aliphatic rings. The second kappa shape index (κ2) is 6.70. The van der Waals surface area contributed by atoms with Crippen molar-refractivity contribution < 1.29 is 9.90 Å². The van der Waals surface area contributed by atoms with Gasteiger partial charge in [-0.3, -0.25) is 0 Å². The van der Waals surface area contributed by atoms with Gasteiger partial charge < -0.3 is 10.8 Å². The third-order valence-corrected chi connectivity index (χ3v) is 2.64. The van der Waals surface area contributed by atoms with Crippen molar-refractivity contribution in [3.63, 3.8) is 0 Å². The summed E-state index contributed by atoms with van der Waals surface area (Å²) in [6.45, 7) is 3.58. The van der Waals surface area contributed by atoms with E-state index in [9.17, 15) is 4.79 Å². The molecule has 0 atom stereocenters. The highest BCUT2D eigenvalue weighted by Crippen LogP contribution is 2.18. The van der Waals surface area contributed by atoms with Gasteiger partial charge in [0.25, 0.3) is 0 Å². The van der Waals surface area contributed by atoms with Gasteiger partial charge in [-0.1, -0.05) is 29.8 Å². The van der Waals surface area contributed by atoms with Gasteiger partial charge in [0.2, 0.25) is 0 Å². The number of hydrogen-bond donors (Lipinski definition) is 2. The third-order valence-electron chi connectivity index (χ3n) is 2.18. The minimum atomic E-state index is -0.879. The monoisotopic (exact) mass is 279 g/mol. The lowest BCUT2D eigenvalue weighted by atomic mass is 10.2. The maximum absolute atomic E-state index is 10.2. The molecule has 0 radical (unpaired) electrons. The Hall–Kier alpha value is -2.14. The van der Waals surface area contributed by atoms with Crippen LogP contribution in [0, 0.1) is 13.8 Å². The standard InChI is InChI=1S/C7H6O2.C6H8ClN3/c8-7(9)6-4-2-1-3-5-6;1-3-5(7)6(8)10-4(2)9-3/h1-5H,(H,8,9);1-2H3,(H2,8,9,10). The quantitative estimate of drug-likeness (QED) is 0.838. The highest BCUT2D eigenvalue weighted by atomic mass is 35.5. The normalized spacial score (nSPS) is 9.42. The fraction of sp³-hybridized carbons (Fsp3) is 0.154. The third kappa shape index (κ3) is 4.56. The number of nitrogens with two attached hydrogens (primary N) is 1. The zero-order chi connectivity index (χ0) is 14.4. The van der Waals surface area contributed by atoms with E-state index in [0.29, 0.717) is 22.2 Å². The van der Waals surface area contributed by atoms with Crippen LogP contribution in [-0.2, 0) is 0 Å². The van der Waals surface area contributed by atoms with Gasteiger partial charge in [0, 0.05) is 0 Å². The molecule has 0 saturated carbocycles. The number of nitrogens with zero attached hydrogens (tertiary/aromatic N) is 2. The summed E-state index contributed by atoms with van der Waals surface area (Å²) in [5.41, 5.74) is 6.50. The van der Waals surface area contributed by atoms with E-state index in [0.717, 1.165) is 5.69 Å². The number of benzene rings is 1. The van der Waals surface area contributed by atoms with Crippen LogP contribution in [0.5, 0.6) is 0 Å². The smallest absolute Gasteiger partial charge is 0.335 e. The Morgan fingerprint density at radius 1 is 1.21 bits per heavy atom. The maximum atomic E-state index is 10.2. The number of anilines is 1. The maximum Gasteiger partial charge on any atom is 0.335 e. The van der Waals surface area contributed by atoms with E-state index in [2.05, 4.69) is 9.97 Å². The summed E-state index contributed by atoms with van der Waals surface area (Å²) >= 11 is 5.70. The van der Waals surface area contributed by atoms with Crippen LogP contribution in [0.3, 0.4) is 0 Å². The number of hydrogen-bond acceptors (Lipinski definition) is 4. The average Bonchev–Trinajstić information content (AvgIpc) is 2.37. The highest BCUT2D eigenvalue weighted by Gasteiger charge is 2.02. The molecule has 0 fully saturated rings. The van der Waals surface area contributed by atoms with Crippen LogP contribution in [0.15, 0.2) is 30.3 Å². The molecular weight excluding hydrogens is 266 g/mol. The van der Waals surface area contributed by atoms with Crippen molar-refractivity contribution in [1.82, 2.24) is 9.97 Å². The fourth-order valence-corrected chi connectivity index (χ4v) is 1.39. The van der Waals surface area contributed by atoms with Crippen molar-refractivity contribution in [2.24, 2.45) is 0 Å². The molecule has 2 aromatic rings. The lowest BCUT2D eigenvalue weighted by Gasteiger charge is -2.00. The molecule has 0 spiro atoms. The van der Waals surface area contributed by atoms with Gasteiger partial charge in [-0.2, -0.15) is 0 Å². The van der Waals surface area contributed by atoms with E-state index in [-0.39, 0.29) is 0 Å². The van der Waals surface area contributed by atoms with E-state index in [4.69, 9.17) is 22.4 Å². The van der Waals surface area contributed by atoms with Crippen molar-refractivity contribution in [1.29, 1.82) is 0 Å². The van der Waals surface area contributed by atoms with E-state index in [1.54, 1.807) is 44.2 Å². The number of aromatic nitrogens is 2. The van der Waals surface area contributed by atoms with Gasteiger partial charge >= 0.3 is 5.97 Å². The molecule has 0 aliphatic carbocycles. The van der Waals surface area contributed by atoms with Crippen molar-refractivity contribution in [3.8, 4) is 0 Å². The number of carboxylic acids is 1. The fourth-order valence-electron chi connectivity index (χ4n) is 1.31. The summed E-state index contributed by atoms with van der Waals surface area (Å²) in [6, 6.07) is 8.30. The summed E-state index contributed by atoms with van der Waals surface area (Å²) in [5, 5.41) is 8.83. The van der Waals surface area contributed by atoms with Crippen molar-refractivity contribution in [3.05, 3.63) is 52.4 Å². The molecule has 1 heterocycles. The summed E-state index contributed by atoms with van der Waals surface area (Å²) in [4.78, 5) is 18.1. The Labute approximate surface area is 116 Å². The summed E-state index contributed by atoms with van der Waals surface area (Å²) in [6.07, 6.45) is 0. The summed E-state index contributed by atoms with van der Waals surface area (Å²) in [5.74, 6) is 0.127. The molecule has 1 aromatic heterocycles. The first-order chi connectivity index (χ1) is 8.91. The van der Waals surface area contributed by atoms with Crippen LogP contribution in [0.2, 0.25) is 5.02 Å². The number of carboxylic acid groups (broad SMARTS) is 1. The number of aromatic carboxylic acids is 1. The van der Waals surface area contributed by atoms with E-state index in [1.165, 1.54) is 0 Å². The van der Waals surface area contributed by atoms with E-state index < -0.39 is 5.97 Å². The van der Waals surface area contributed by atoms with Crippen LogP contribution in [0.1, 0.15) is 21.9 Å². The van der Waals surface area contributed by atoms with Crippen LogP contribution in [0.25, 0.3) is 0 Å². The van der Waals surface area contributed by atoms with E-state index >= 15 is 0 Å². The molecule has 5 nitrogen and oxygen atoms in total. The Morgan fingerprint density at radius 3 is 2.21 bits per heavy atom. The Balaban J connectivity index is 0.000000191. The van der Waals surface area contributed by atoms with Crippen molar-refractivity contribution >= 4 is 23.4 Å². The lowest BCUT2D eigenvalue weighted by molar-refractivity contribution is 0.0697. The Bertz CT molecular complexity index is 550. The summed E-state index contributed by atoms with van der Waals surface area (Å²) < 4.78 is 0. The molecule has 3 N–H and O–H groups in total. The predicted molar refractivity (Wildman–Crippen MR) is 74.3 cm³/mol. The summed E-state index contributed by atoms with van der Waals surface area (Å²) in [7, 11) is 0. The molecule has 0 amide bonds. The minimum Gasteiger partial charge on any atom is -0.478 e. The first kappa shape index (κ1) is 14.9. The van der Waals surface area contributed by atoms with Gasteiger partial charge in [0.1, 0.15) is 16.7 Å². The van der Waals surface area contributed by atoms with Crippen molar-refractivity contribution in [2.45, 2.75) is 13.8 Å². The number of nitrogen functional groups attached to an aromatic ring is 1. The molecule has 100 valence electrons. The predicted octanol–water partition coefficient (Wildman–Crippen LogP) is 2.71. The lowest BCUT2D eigenvalue weighted by Crippen LogP contribution is -1.98. The van der Waals surface area contributed by atoms with Crippen LogP contribution in [0.4, 0.5) is 5.82 Å². The minimum absolute atomic E-state index is 0.331. The molecular formula is C13H14ClN3O2. The first-order valence-corrected chi connectivity index (χ1v) is 5.84. The molecule has 2 rings (SSSR count). The first-order valence-electron chi connectivity index (χ1n) is 5.46. The van der Waals surface area contributed by atoms with Crippen molar-refractivity contribution in [2.75, 3.05) is 5.73 Å². The number of halogens is 1. The number of rotatable bonds is 1. The largest absolute Gasteiger partial charge is 0.478 e. The molecule has 0 unspecified atom stereocenters. The molecule has 1 aromatic carbocycles.